The molecule has 0 radical (unpaired) electrons. The summed E-state index contributed by atoms with van der Waals surface area (Å²) in [6.45, 7) is 0. The second kappa shape index (κ2) is 9.85. The Morgan fingerprint density at radius 2 is 2.00 bits per heavy atom. The van der Waals surface area contributed by atoms with Crippen molar-refractivity contribution in [2.75, 3.05) is 12.4 Å². The van der Waals surface area contributed by atoms with Crippen LogP contribution in [0.15, 0.2) is 41.8 Å². The lowest BCUT2D eigenvalue weighted by Gasteiger charge is -2.30. The van der Waals surface area contributed by atoms with Gasteiger partial charge in [0.1, 0.15) is 11.8 Å². The highest BCUT2D eigenvalue weighted by molar-refractivity contribution is 6.08. The van der Waals surface area contributed by atoms with Gasteiger partial charge in [0, 0.05) is 32.4 Å². The zero-order valence-electron chi connectivity index (χ0n) is 17.5. The quantitative estimate of drug-likeness (QED) is 0.283. The highest BCUT2D eigenvalue weighted by atomic mass is 16.6. The lowest BCUT2D eigenvalue weighted by Crippen LogP contribution is -2.53. The fourth-order valence-electron chi connectivity index (χ4n) is 3.47. The van der Waals surface area contributed by atoms with Crippen LogP contribution in [-0.4, -0.2) is 53.0 Å². The van der Waals surface area contributed by atoms with Gasteiger partial charge in [-0.25, -0.2) is 4.79 Å². The summed E-state index contributed by atoms with van der Waals surface area (Å²) in [6.07, 6.45) is 2.49. The van der Waals surface area contributed by atoms with Crippen molar-refractivity contribution < 1.29 is 33.6 Å². The summed E-state index contributed by atoms with van der Waals surface area (Å²) >= 11 is 0. The third-order valence-corrected chi connectivity index (χ3v) is 5.24. The van der Waals surface area contributed by atoms with Crippen LogP contribution < -0.4 is 10.6 Å². The number of rotatable bonds is 6. The van der Waals surface area contributed by atoms with Crippen molar-refractivity contribution in [1.29, 1.82) is 0 Å². The smallest absolute Gasteiger partial charge is 0.415 e. The molecule has 2 aliphatic rings. The molecule has 1 unspecified atom stereocenters. The molecular formula is C21H20N4O8. The lowest BCUT2D eigenvalue weighted by molar-refractivity contribution is -0.428. The summed E-state index contributed by atoms with van der Waals surface area (Å²) in [5, 5.41) is 15.3. The Labute approximate surface area is 187 Å². The predicted molar refractivity (Wildman–Crippen MR) is 113 cm³/mol. The molecule has 1 aliphatic heterocycles. The maximum Gasteiger partial charge on any atom is 0.416 e. The zero-order valence-corrected chi connectivity index (χ0v) is 17.5. The average molecular weight is 456 g/mol. The minimum Gasteiger partial charge on any atom is -0.415 e. The topological polar surface area (TPSA) is 165 Å². The number of benzene rings is 1. The molecule has 1 heterocycles. The first-order valence-electron chi connectivity index (χ1n) is 9.93. The van der Waals surface area contributed by atoms with Crippen LogP contribution >= 0.6 is 0 Å². The summed E-state index contributed by atoms with van der Waals surface area (Å²) in [6, 6.07) is 3.33. The molecule has 1 aromatic carbocycles. The number of imide groups is 1. The van der Waals surface area contributed by atoms with Crippen molar-refractivity contribution in [2.45, 2.75) is 31.7 Å². The van der Waals surface area contributed by atoms with Crippen LogP contribution in [0.1, 0.15) is 46.4 Å². The van der Waals surface area contributed by atoms with Crippen molar-refractivity contribution in [3.63, 3.8) is 0 Å². The minimum absolute atomic E-state index is 0.00246. The number of hydrogen-bond donors (Lipinski definition) is 2. The maximum atomic E-state index is 13.0. The largest absolute Gasteiger partial charge is 0.416 e. The zero-order chi connectivity index (χ0) is 24.1. The Morgan fingerprint density at radius 3 is 2.61 bits per heavy atom. The first-order valence-corrected chi connectivity index (χ1v) is 9.93. The number of nitrogens with zero attached hydrogens (tertiary/aromatic N) is 2. The Kier molecular flexibility index (Phi) is 6.96. The van der Waals surface area contributed by atoms with Gasteiger partial charge in [0.15, 0.2) is 6.29 Å². The SMILES string of the molecule is CN(C(=O)c1cccc(NC(=O)OC2=CC=C([N+](=O)[O-])CC2)c1C=O)C1CCC(=O)NC1=O. The van der Waals surface area contributed by atoms with E-state index in [1.807, 2.05) is 0 Å². The van der Waals surface area contributed by atoms with E-state index in [1.165, 1.54) is 37.4 Å². The maximum absolute atomic E-state index is 13.0. The third-order valence-electron chi connectivity index (χ3n) is 5.24. The molecule has 1 aliphatic carbocycles. The summed E-state index contributed by atoms with van der Waals surface area (Å²) in [5.74, 6) is -1.47. The van der Waals surface area contributed by atoms with E-state index in [1.54, 1.807) is 0 Å². The van der Waals surface area contributed by atoms with E-state index in [-0.39, 0.29) is 54.0 Å². The van der Waals surface area contributed by atoms with Gasteiger partial charge in [-0.3, -0.25) is 39.9 Å². The number of anilines is 1. The summed E-state index contributed by atoms with van der Waals surface area (Å²) in [5.41, 5.74) is -0.162. The van der Waals surface area contributed by atoms with Crippen molar-refractivity contribution in [2.24, 2.45) is 0 Å². The van der Waals surface area contributed by atoms with Gasteiger partial charge in [-0.05, 0) is 24.6 Å². The third kappa shape index (κ3) is 5.29. The van der Waals surface area contributed by atoms with E-state index in [9.17, 15) is 34.1 Å². The van der Waals surface area contributed by atoms with Gasteiger partial charge in [-0.1, -0.05) is 6.07 Å². The fourth-order valence-corrected chi connectivity index (χ4v) is 3.47. The van der Waals surface area contributed by atoms with Gasteiger partial charge in [0.25, 0.3) is 5.91 Å². The monoisotopic (exact) mass is 456 g/mol. The number of aldehydes is 1. The van der Waals surface area contributed by atoms with Crippen molar-refractivity contribution >= 4 is 35.8 Å². The lowest BCUT2D eigenvalue weighted by atomic mass is 10.0. The van der Waals surface area contributed by atoms with Gasteiger partial charge < -0.3 is 9.64 Å². The summed E-state index contributed by atoms with van der Waals surface area (Å²) in [4.78, 5) is 71.8. The van der Waals surface area contributed by atoms with Crippen LogP contribution in [0, 0.1) is 10.1 Å². The molecule has 1 aromatic rings. The molecule has 2 N–H and O–H groups in total. The van der Waals surface area contributed by atoms with Crippen LogP contribution in [0.5, 0.6) is 0 Å². The van der Waals surface area contributed by atoms with E-state index in [2.05, 4.69) is 10.6 Å². The van der Waals surface area contributed by atoms with Crippen LogP contribution in [-0.2, 0) is 14.3 Å². The minimum atomic E-state index is -0.939. The first kappa shape index (κ1) is 23.3. The van der Waals surface area contributed by atoms with Crippen molar-refractivity contribution in [3.8, 4) is 0 Å². The molecule has 1 fully saturated rings. The Balaban J connectivity index is 1.75. The average Bonchev–Trinajstić information content (AvgIpc) is 2.78. The van der Waals surface area contributed by atoms with Crippen LogP contribution in [0.25, 0.3) is 0 Å². The number of nitrogens with one attached hydrogen (secondary N) is 2. The Morgan fingerprint density at radius 1 is 1.24 bits per heavy atom. The van der Waals surface area contributed by atoms with E-state index in [0.29, 0.717) is 6.29 Å². The fraction of sp³-hybridized carbons (Fsp3) is 0.286. The number of ether oxygens (including phenoxy) is 1. The number of amides is 4. The van der Waals surface area contributed by atoms with Crippen LogP contribution in [0.4, 0.5) is 10.5 Å². The molecule has 0 saturated carbocycles. The number of allylic oxidation sites excluding steroid dienone is 4. The van der Waals surface area contributed by atoms with E-state index < -0.39 is 34.8 Å². The molecule has 1 saturated heterocycles. The number of carbonyl (C=O) groups excluding carboxylic acids is 5. The highest BCUT2D eigenvalue weighted by Crippen LogP contribution is 2.24. The molecule has 0 spiro atoms. The van der Waals surface area contributed by atoms with E-state index in [4.69, 9.17) is 4.74 Å². The highest BCUT2D eigenvalue weighted by Gasteiger charge is 2.33. The molecular weight excluding hydrogens is 436 g/mol. The number of nitro groups is 1. The molecule has 33 heavy (non-hydrogen) atoms. The van der Waals surface area contributed by atoms with E-state index >= 15 is 0 Å². The van der Waals surface area contributed by atoms with E-state index in [0.717, 1.165) is 4.90 Å². The summed E-state index contributed by atoms with van der Waals surface area (Å²) < 4.78 is 5.14. The van der Waals surface area contributed by atoms with Crippen LogP contribution in [0.3, 0.4) is 0 Å². The van der Waals surface area contributed by atoms with Gasteiger partial charge in [0.2, 0.25) is 17.5 Å². The Hall–Kier alpha value is -4.35. The molecule has 3 rings (SSSR count). The number of piperidine rings is 1. The molecule has 12 heteroatoms. The van der Waals surface area contributed by atoms with Crippen LogP contribution in [0.2, 0.25) is 0 Å². The number of likely N-dealkylation sites (N-methyl/N-ethyl adjacent to an activating group) is 1. The predicted octanol–water partition coefficient (Wildman–Crippen LogP) is 1.76. The second-order valence-corrected chi connectivity index (χ2v) is 7.33. The van der Waals surface area contributed by atoms with Gasteiger partial charge in [-0.15, -0.1) is 0 Å². The molecule has 4 amide bonds. The number of carbonyl (C=O) groups is 5. The molecule has 0 bridgehead atoms. The number of hydrogen-bond acceptors (Lipinski definition) is 8. The second-order valence-electron chi connectivity index (χ2n) is 7.33. The molecule has 0 aromatic heterocycles. The normalized spacial score (nSPS) is 17.8. The van der Waals surface area contributed by atoms with Gasteiger partial charge >= 0.3 is 6.09 Å². The first-order chi connectivity index (χ1) is 15.7. The Bertz CT molecular complexity index is 1110. The summed E-state index contributed by atoms with van der Waals surface area (Å²) in [7, 11) is 1.38. The molecule has 12 nitrogen and oxygen atoms in total. The van der Waals surface area contributed by atoms with Crippen molar-refractivity contribution in [1.82, 2.24) is 10.2 Å². The van der Waals surface area contributed by atoms with Gasteiger partial charge in [-0.2, -0.15) is 0 Å². The van der Waals surface area contributed by atoms with Crippen molar-refractivity contribution in [3.05, 3.63) is 63.0 Å². The van der Waals surface area contributed by atoms with Gasteiger partial charge in [0.05, 0.1) is 21.7 Å². The standard InChI is InChI=1S/C21H20N4O8/c1-24(17-9-10-18(27)23-19(17)28)20(29)14-3-2-4-16(15(14)11-26)22-21(30)33-13-7-5-12(6-8-13)25(31)32/h2-5,7,11,17H,6,8-10H2,1H3,(H,22,30)(H,23,27,28). The molecule has 1 atom stereocenters. The molecule has 172 valence electrons.